The van der Waals surface area contributed by atoms with Crippen molar-refractivity contribution in [2.24, 2.45) is 0 Å². The number of hydrogen-bond donors (Lipinski definition) is 0. The van der Waals surface area contributed by atoms with Gasteiger partial charge in [0, 0.05) is 0 Å². The van der Waals surface area contributed by atoms with E-state index in [1.807, 2.05) is 54.6 Å². The zero-order valence-electron chi connectivity index (χ0n) is 24.3. The number of unbranched alkanes of at least 4 members (excludes halogenated alkanes) is 10. The van der Waals surface area contributed by atoms with Gasteiger partial charge in [-0.25, -0.2) is 4.57 Å². The first-order valence-corrected chi connectivity index (χ1v) is 16.8. The van der Waals surface area contributed by atoms with Gasteiger partial charge in [0.15, 0.2) is 0 Å². The predicted molar refractivity (Wildman–Crippen MR) is 166 cm³/mol. The van der Waals surface area contributed by atoms with Crippen LogP contribution in [-0.2, 0) is 28.5 Å². The van der Waals surface area contributed by atoms with Crippen molar-refractivity contribution in [1.29, 1.82) is 0 Å². The second-order valence-electron chi connectivity index (χ2n) is 10.7. The SMILES string of the molecule is CCCCCCCCc1ccc(OP(=O)(OCc2ccccc2)c2ccc(CCCCCCCC)cc2)cc1. The first-order chi connectivity index (χ1) is 19.1. The summed E-state index contributed by atoms with van der Waals surface area (Å²) in [6.07, 6.45) is 17.5. The van der Waals surface area contributed by atoms with Crippen LogP contribution in [0.2, 0.25) is 0 Å². The highest BCUT2D eigenvalue weighted by atomic mass is 31.2. The molecule has 0 heterocycles. The lowest BCUT2D eigenvalue weighted by Crippen LogP contribution is -2.13. The number of rotatable bonds is 20. The summed E-state index contributed by atoms with van der Waals surface area (Å²) in [6.45, 7) is 4.73. The van der Waals surface area contributed by atoms with Gasteiger partial charge >= 0.3 is 7.60 Å². The van der Waals surface area contributed by atoms with Crippen LogP contribution >= 0.6 is 7.60 Å². The third kappa shape index (κ3) is 11.7. The highest BCUT2D eigenvalue weighted by Crippen LogP contribution is 2.48. The van der Waals surface area contributed by atoms with E-state index in [9.17, 15) is 4.57 Å². The van der Waals surface area contributed by atoms with Crippen LogP contribution in [0.5, 0.6) is 5.75 Å². The highest BCUT2D eigenvalue weighted by Gasteiger charge is 2.29. The Bertz CT molecular complexity index is 1080. The average Bonchev–Trinajstić information content (AvgIpc) is 2.97. The lowest BCUT2D eigenvalue weighted by Gasteiger charge is -2.20. The summed E-state index contributed by atoms with van der Waals surface area (Å²) < 4.78 is 26.4. The molecule has 0 bridgehead atoms. The fourth-order valence-electron chi connectivity index (χ4n) is 4.81. The molecule has 0 saturated carbocycles. The largest absolute Gasteiger partial charge is 0.421 e. The maximum absolute atomic E-state index is 14.2. The Morgan fingerprint density at radius 1 is 0.538 bits per heavy atom. The van der Waals surface area contributed by atoms with Crippen LogP contribution in [0.4, 0.5) is 0 Å². The molecule has 0 aliphatic rings. The third-order valence-electron chi connectivity index (χ3n) is 7.28. The van der Waals surface area contributed by atoms with E-state index < -0.39 is 7.60 Å². The molecule has 212 valence electrons. The van der Waals surface area contributed by atoms with Crippen molar-refractivity contribution in [3.63, 3.8) is 0 Å². The van der Waals surface area contributed by atoms with Crippen molar-refractivity contribution in [3.05, 3.63) is 95.6 Å². The van der Waals surface area contributed by atoms with Crippen LogP contribution in [-0.4, -0.2) is 0 Å². The Morgan fingerprint density at radius 3 is 1.56 bits per heavy atom. The maximum Gasteiger partial charge on any atom is 0.411 e. The molecular weight excluding hydrogens is 499 g/mol. The number of aryl methyl sites for hydroxylation is 2. The fourth-order valence-corrected chi connectivity index (χ4v) is 6.35. The molecule has 0 aromatic heterocycles. The van der Waals surface area contributed by atoms with Gasteiger partial charge in [-0.05, 0) is 66.6 Å². The van der Waals surface area contributed by atoms with Gasteiger partial charge in [0.2, 0.25) is 0 Å². The van der Waals surface area contributed by atoms with Crippen molar-refractivity contribution < 1.29 is 13.6 Å². The van der Waals surface area contributed by atoms with Gasteiger partial charge < -0.3 is 4.52 Å². The van der Waals surface area contributed by atoms with E-state index in [2.05, 4.69) is 38.1 Å². The first-order valence-electron chi connectivity index (χ1n) is 15.3. The molecule has 0 aliphatic carbocycles. The number of benzene rings is 3. The Morgan fingerprint density at radius 2 is 1.03 bits per heavy atom. The Kier molecular flexibility index (Phi) is 14.5. The van der Waals surface area contributed by atoms with Crippen molar-refractivity contribution in [1.82, 2.24) is 0 Å². The molecule has 0 N–H and O–H groups in total. The standard InChI is InChI=1S/C35H49O3P/c1-3-5-7-9-11-14-18-31-22-26-34(27-23-31)38-39(36,37-30-33-20-16-13-17-21-33)35-28-24-32(25-29-35)19-15-12-10-8-6-4-2/h13,16-17,20-29H,3-12,14-15,18-19,30H2,1-2H3. The van der Waals surface area contributed by atoms with Gasteiger partial charge in [-0.2, -0.15) is 0 Å². The Balaban J connectivity index is 1.62. The molecular formula is C35H49O3P. The molecule has 0 saturated heterocycles. The normalized spacial score (nSPS) is 12.8. The van der Waals surface area contributed by atoms with E-state index >= 15 is 0 Å². The topological polar surface area (TPSA) is 35.5 Å². The molecule has 0 radical (unpaired) electrons. The van der Waals surface area contributed by atoms with Crippen molar-refractivity contribution >= 4 is 12.9 Å². The molecule has 39 heavy (non-hydrogen) atoms. The van der Waals surface area contributed by atoms with Crippen molar-refractivity contribution in [3.8, 4) is 5.75 Å². The summed E-state index contributed by atoms with van der Waals surface area (Å²) in [5, 5.41) is 0.598. The molecule has 0 aliphatic heterocycles. The summed E-state index contributed by atoms with van der Waals surface area (Å²) in [6, 6.07) is 25.9. The summed E-state index contributed by atoms with van der Waals surface area (Å²) in [7, 11) is -3.58. The second kappa shape index (κ2) is 18.1. The van der Waals surface area contributed by atoms with E-state index in [4.69, 9.17) is 9.05 Å². The minimum absolute atomic E-state index is 0.230. The molecule has 3 rings (SSSR count). The van der Waals surface area contributed by atoms with Gasteiger partial charge in [0.05, 0.1) is 11.9 Å². The first kappa shape index (κ1) is 31.2. The molecule has 1 unspecified atom stereocenters. The average molecular weight is 549 g/mol. The lowest BCUT2D eigenvalue weighted by molar-refractivity contribution is 0.264. The third-order valence-corrected chi connectivity index (χ3v) is 9.13. The zero-order valence-corrected chi connectivity index (χ0v) is 25.2. The zero-order chi connectivity index (χ0) is 27.6. The van der Waals surface area contributed by atoms with E-state index in [0.29, 0.717) is 11.1 Å². The smallest absolute Gasteiger partial charge is 0.411 e. The summed E-state index contributed by atoms with van der Waals surface area (Å²) >= 11 is 0. The Labute approximate surface area is 237 Å². The molecule has 0 amide bonds. The molecule has 0 spiro atoms. The predicted octanol–water partition coefficient (Wildman–Crippen LogP) is 10.6. The van der Waals surface area contributed by atoms with Gasteiger partial charge in [0.1, 0.15) is 5.75 Å². The second-order valence-corrected chi connectivity index (χ2v) is 12.6. The van der Waals surface area contributed by atoms with Crippen molar-refractivity contribution in [2.45, 2.75) is 110 Å². The van der Waals surface area contributed by atoms with E-state index in [1.165, 1.54) is 88.2 Å². The fraction of sp³-hybridized carbons (Fsp3) is 0.486. The van der Waals surface area contributed by atoms with E-state index in [0.717, 1.165) is 18.4 Å². The molecule has 0 fully saturated rings. The highest BCUT2D eigenvalue weighted by molar-refractivity contribution is 7.62. The summed E-state index contributed by atoms with van der Waals surface area (Å²) in [5.41, 5.74) is 3.52. The minimum atomic E-state index is -3.58. The van der Waals surface area contributed by atoms with Crippen LogP contribution < -0.4 is 9.83 Å². The van der Waals surface area contributed by atoms with E-state index in [1.54, 1.807) is 0 Å². The van der Waals surface area contributed by atoms with Gasteiger partial charge in [-0.3, -0.25) is 4.52 Å². The van der Waals surface area contributed by atoms with Crippen LogP contribution in [0.15, 0.2) is 78.9 Å². The van der Waals surface area contributed by atoms with Crippen LogP contribution in [0.1, 0.15) is 108 Å². The number of hydrogen-bond acceptors (Lipinski definition) is 3. The van der Waals surface area contributed by atoms with E-state index in [-0.39, 0.29) is 6.61 Å². The van der Waals surface area contributed by atoms with Gasteiger partial charge in [-0.1, -0.05) is 133 Å². The lowest BCUT2D eigenvalue weighted by atomic mass is 10.1. The van der Waals surface area contributed by atoms with Crippen LogP contribution in [0.25, 0.3) is 0 Å². The summed E-state index contributed by atoms with van der Waals surface area (Å²) in [4.78, 5) is 0. The van der Waals surface area contributed by atoms with Crippen LogP contribution in [0.3, 0.4) is 0 Å². The minimum Gasteiger partial charge on any atom is -0.421 e. The van der Waals surface area contributed by atoms with Crippen LogP contribution in [0, 0.1) is 0 Å². The Hall–Kier alpha value is -2.35. The quantitative estimate of drug-likeness (QED) is 0.104. The molecule has 3 aromatic carbocycles. The molecule has 4 heteroatoms. The monoisotopic (exact) mass is 548 g/mol. The molecule has 1 atom stereocenters. The maximum atomic E-state index is 14.2. The van der Waals surface area contributed by atoms with Gasteiger partial charge in [0.25, 0.3) is 0 Å². The molecule has 3 aromatic rings. The summed E-state index contributed by atoms with van der Waals surface area (Å²) in [5.74, 6) is 0.578. The van der Waals surface area contributed by atoms with Gasteiger partial charge in [-0.15, -0.1) is 0 Å². The molecule has 3 nitrogen and oxygen atoms in total. The van der Waals surface area contributed by atoms with Crippen molar-refractivity contribution in [2.75, 3.05) is 0 Å².